The molecule has 0 radical (unpaired) electrons. The molecule has 1 heterocycles. The Bertz CT molecular complexity index is 333. The van der Waals surface area contributed by atoms with Gasteiger partial charge in [-0.15, -0.1) is 0 Å². The molecule has 17 heavy (non-hydrogen) atoms. The third-order valence-corrected chi connectivity index (χ3v) is 4.42. The minimum Gasteiger partial charge on any atom is -0.314 e. The normalized spacial score (nSPS) is 24.1. The fourth-order valence-corrected chi connectivity index (χ4v) is 2.79. The maximum atomic E-state index is 10.9. The number of hydrogen-bond donors (Lipinski definition) is 2. The zero-order valence-electron chi connectivity index (χ0n) is 10.3. The third kappa shape index (κ3) is 5.33. The van der Waals surface area contributed by atoms with Crippen LogP contribution in [0, 0.1) is 5.92 Å². The third-order valence-electron chi connectivity index (χ3n) is 3.67. The Morgan fingerprint density at radius 1 is 1.18 bits per heavy atom. The smallest absolute Gasteiger partial charge is 0.210 e. The van der Waals surface area contributed by atoms with E-state index < -0.39 is 10.0 Å². The first kappa shape index (κ1) is 13.3. The van der Waals surface area contributed by atoms with E-state index in [2.05, 4.69) is 10.2 Å². The molecule has 0 aromatic rings. The van der Waals surface area contributed by atoms with Gasteiger partial charge in [-0.1, -0.05) is 0 Å². The molecule has 1 saturated carbocycles. The topological polar surface area (TPSA) is 75.4 Å². The van der Waals surface area contributed by atoms with Crippen molar-refractivity contribution in [2.24, 2.45) is 11.1 Å². The van der Waals surface area contributed by atoms with Gasteiger partial charge in [0.1, 0.15) is 0 Å². The number of sulfonamides is 1. The van der Waals surface area contributed by atoms with Crippen LogP contribution in [0.25, 0.3) is 0 Å². The molecule has 2 rings (SSSR count). The Balaban J connectivity index is 1.59. The van der Waals surface area contributed by atoms with Crippen LogP contribution in [0.4, 0.5) is 0 Å². The average Bonchev–Trinajstić information content (AvgIpc) is 3.08. The molecule has 0 bridgehead atoms. The van der Waals surface area contributed by atoms with Gasteiger partial charge in [-0.3, -0.25) is 0 Å². The number of hydrogen-bond acceptors (Lipinski definition) is 4. The molecule has 0 aromatic heterocycles. The number of likely N-dealkylation sites (tertiary alicyclic amines) is 1. The van der Waals surface area contributed by atoms with Crippen LogP contribution in [0.5, 0.6) is 0 Å². The Morgan fingerprint density at radius 3 is 2.35 bits per heavy atom. The molecular weight excluding hydrogens is 238 g/mol. The zero-order chi connectivity index (χ0) is 12.3. The zero-order valence-corrected chi connectivity index (χ0v) is 11.1. The summed E-state index contributed by atoms with van der Waals surface area (Å²) in [6, 6.07) is 0.626. The highest BCUT2D eigenvalue weighted by molar-refractivity contribution is 7.89. The fourth-order valence-electron chi connectivity index (χ4n) is 2.27. The van der Waals surface area contributed by atoms with Gasteiger partial charge in [0, 0.05) is 12.6 Å². The van der Waals surface area contributed by atoms with Crippen LogP contribution in [0.2, 0.25) is 0 Å². The minimum absolute atomic E-state index is 0.0766. The minimum atomic E-state index is -3.31. The highest BCUT2D eigenvalue weighted by Crippen LogP contribution is 2.28. The van der Waals surface area contributed by atoms with Gasteiger partial charge in [0.05, 0.1) is 5.75 Å². The van der Waals surface area contributed by atoms with Crippen LogP contribution in [0.1, 0.15) is 25.7 Å². The Morgan fingerprint density at radius 2 is 1.82 bits per heavy atom. The van der Waals surface area contributed by atoms with Gasteiger partial charge in [-0.25, -0.2) is 13.6 Å². The standard InChI is InChI=1S/C11H23N3O2S/c12-17(15,16)8-7-14-5-3-11(4-6-14)13-9-10-1-2-10/h10-11,13H,1-9H2,(H2,12,15,16). The lowest BCUT2D eigenvalue weighted by Gasteiger charge is -2.32. The molecule has 1 aliphatic carbocycles. The van der Waals surface area contributed by atoms with Crippen molar-refractivity contribution < 1.29 is 8.42 Å². The van der Waals surface area contributed by atoms with Crippen molar-refractivity contribution in [3.8, 4) is 0 Å². The maximum absolute atomic E-state index is 10.9. The largest absolute Gasteiger partial charge is 0.314 e. The SMILES string of the molecule is NS(=O)(=O)CCN1CCC(NCC2CC2)CC1. The summed E-state index contributed by atoms with van der Waals surface area (Å²) in [6.07, 6.45) is 5.02. The van der Waals surface area contributed by atoms with E-state index >= 15 is 0 Å². The summed E-state index contributed by atoms with van der Waals surface area (Å²) in [4.78, 5) is 2.19. The van der Waals surface area contributed by atoms with Crippen molar-refractivity contribution in [3.63, 3.8) is 0 Å². The molecule has 3 N–H and O–H groups in total. The number of nitrogens with one attached hydrogen (secondary N) is 1. The highest BCUT2D eigenvalue weighted by atomic mass is 32.2. The summed E-state index contributed by atoms with van der Waals surface area (Å²) in [5.74, 6) is 1.00. The second-order valence-corrected chi connectivity index (χ2v) is 7.07. The van der Waals surface area contributed by atoms with E-state index in [1.807, 2.05) is 0 Å². The van der Waals surface area contributed by atoms with Gasteiger partial charge in [0.15, 0.2) is 0 Å². The Hall–Kier alpha value is -0.170. The lowest BCUT2D eigenvalue weighted by Crippen LogP contribution is -2.44. The number of piperidine rings is 1. The monoisotopic (exact) mass is 261 g/mol. The van der Waals surface area contributed by atoms with Gasteiger partial charge < -0.3 is 10.2 Å². The van der Waals surface area contributed by atoms with E-state index in [0.29, 0.717) is 12.6 Å². The van der Waals surface area contributed by atoms with Crippen molar-refractivity contribution in [2.45, 2.75) is 31.7 Å². The summed E-state index contributed by atoms with van der Waals surface area (Å²) in [5.41, 5.74) is 0. The van der Waals surface area contributed by atoms with Crippen molar-refractivity contribution in [1.29, 1.82) is 0 Å². The van der Waals surface area contributed by atoms with Crippen molar-refractivity contribution >= 4 is 10.0 Å². The molecule has 6 heteroatoms. The molecular formula is C11H23N3O2S. The number of nitrogens with two attached hydrogens (primary N) is 1. The van der Waals surface area contributed by atoms with Gasteiger partial charge in [-0.2, -0.15) is 0 Å². The second kappa shape index (κ2) is 5.65. The highest BCUT2D eigenvalue weighted by Gasteiger charge is 2.24. The molecule has 5 nitrogen and oxygen atoms in total. The average molecular weight is 261 g/mol. The van der Waals surface area contributed by atoms with Crippen LogP contribution in [-0.4, -0.2) is 51.3 Å². The number of primary sulfonamides is 1. The molecule has 1 aliphatic heterocycles. The molecule has 100 valence electrons. The van der Waals surface area contributed by atoms with Crippen molar-refractivity contribution in [3.05, 3.63) is 0 Å². The predicted octanol–water partition coefficient (Wildman–Crippen LogP) is -0.261. The summed E-state index contributed by atoms with van der Waals surface area (Å²) < 4.78 is 21.7. The Labute approximate surface area is 104 Å². The first-order chi connectivity index (χ1) is 8.03. The van der Waals surface area contributed by atoms with Gasteiger partial charge in [0.2, 0.25) is 10.0 Å². The number of rotatable bonds is 6. The van der Waals surface area contributed by atoms with Crippen LogP contribution >= 0.6 is 0 Å². The molecule has 0 amide bonds. The van der Waals surface area contributed by atoms with E-state index in [4.69, 9.17) is 5.14 Å². The molecule has 1 saturated heterocycles. The van der Waals surface area contributed by atoms with Gasteiger partial charge in [0.25, 0.3) is 0 Å². The molecule has 2 aliphatic rings. The summed E-state index contributed by atoms with van der Waals surface area (Å²) in [5, 5.41) is 8.61. The summed E-state index contributed by atoms with van der Waals surface area (Å²) >= 11 is 0. The lowest BCUT2D eigenvalue weighted by molar-refractivity contribution is 0.206. The summed E-state index contributed by atoms with van der Waals surface area (Å²) in [7, 11) is -3.31. The van der Waals surface area contributed by atoms with Crippen LogP contribution < -0.4 is 10.5 Å². The van der Waals surface area contributed by atoms with E-state index in [1.54, 1.807) is 0 Å². The quantitative estimate of drug-likeness (QED) is 0.691. The van der Waals surface area contributed by atoms with Crippen LogP contribution in [0.15, 0.2) is 0 Å². The van der Waals surface area contributed by atoms with E-state index in [1.165, 1.54) is 19.4 Å². The van der Waals surface area contributed by atoms with E-state index in [-0.39, 0.29) is 5.75 Å². The first-order valence-electron chi connectivity index (χ1n) is 6.49. The summed E-state index contributed by atoms with van der Waals surface area (Å²) in [6.45, 7) is 3.71. The molecule has 0 atom stereocenters. The van der Waals surface area contributed by atoms with E-state index in [9.17, 15) is 8.42 Å². The van der Waals surface area contributed by atoms with Gasteiger partial charge in [-0.05, 0) is 51.2 Å². The predicted molar refractivity (Wildman–Crippen MR) is 68.2 cm³/mol. The Kier molecular flexibility index (Phi) is 4.41. The maximum Gasteiger partial charge on any atom is 0.210 e. The molecule has 0 unspecified atom stereocenters. The van der Waals surface area contributed by atoms with Crippen molar-refractivity contribution in [2.75, 3.05) is 31.9 Å². The molecule has 0 spiro atoms. The number of nitrogens with zero attached hydrogens (tertiary/aromatic N) is 1. The molecule has 2 fully saturated rings. The first-order valence-corrected chi connectivity index (χ1v) is 8.21. The van der Waals surface area contributed by atoms with E-state index in [0.717, 1.165) is 31.8 Å². The van der Waals surface area contributed by atoms with Gasteiger partial charge >= 0.3 is 0 Å². The molecule has 0 aromatic carbocycles. The fraction of sp³-hybridized carbons (Fsp3) is 1.00. The van der Waals surface area contributed by atoms with Crippen LogP contribution in [-0.2, 0) is 10.0 Å². The van der Waals surface area contributed by atoms with Crippen molar-refractivity contribution in [1.82, 2.24) is 10.2 Å². The van der Waals surface area contributed by atoms with Crippen LogP contribution in [0.3, 0.4) is 0 Å². The second-order valence-electron chi connectivity index (χ2n) is 5.33. The lowest BCUT2D eigenvalue weighted by atomic mass is 10.1.